The molecule has 0 spiro atoms. The molecule has 0 aliphatic carbocycles. The molecule has 0 aromatic carbocycles. The minimum absolute atomic E-state index is 0.217. The predicted molar refractivity (Wildman–Crippen MR) is 77.5 cm³/mol. The molecule has 5 heteroatoms. The van der Waals surface area contributed by atoms with Gasteiger partial charge in [-0.2, -0.15) is 0 Å². The molecule has 0 amide bonds. The summed E-state index contributed by atoms with van der Waals surface area (Å²) in [7, 11) is 1.60. The van der Waals surface area contributed by atoms with E-state index in [1.807, 2.05) is 6.92 Å². The molecule has 0 radical (unpaired) electrons. The van der Waals surface area contributed by atoms with Gasteiger partial charge in [0.05, 0.1) is 0 Å². The lowest BCUT2D eigenvalue weighted by atomic mass is 10.1. The smallest absolute Gasteiger partial charge is 0.327 e. The number of carboxylic acids is 1. The second kappa shape index (κ2) is 14.5. The van der Waals surface area contributed by atoms with E-state index in [1.165, 1.54) is 18.9 Å². The van der Waals surface area contributed by atoms with Crippen molar-refractivity contribution in [2.24, 2.45) is 0 Å². The van der Waals surface area contributed by atoms with Gasteiger partial charge in [-0.3, -0.25) is 0 Å². The average molecular weight is 288 g/mol. The Balaban J connectivity index is 3.08. The van der Waals surface area contributed by atoms with Gasteiger partial charge >= 0.3 is 5.97 Å². The van der Waals surface area contributed by atoms with Gasteiger partial charge in [-0.15, -0.1) is 0 Å². The first-order chi connectivity index (χ1) is 9.66. The molecule has 1 unspecified atom stereocenters. The van der Waals surface area contributed by atoms with Crippen LogP contribution < -0.4 is 0 Å². The molecule has 0 aliphatic rings. The highest BCUT2D eigenvalue weighted by Crippen LogP contribution is 2.07. The Labute approximate surface area is 121 Å². The molecule has 20 heavy (non-hydrogen) atoms. The fourth-order valence-corrected chi connectivity index (χ4v) is 1.63. The summed E-state index contributed by atoms with van der Waals surface area (Å²) in [6, 6.07) is 0. The van der Waals surface area contributed by atoms with Gasteiger partial charge < -0.3 is 19.3 Å². The van der Waals surface area contributed by atoms with Crippen LogP contribution >= 0.6 is 0 Å². The van der Waals surface area contributed by atoms with Gasteiger partial charge in [-0.05, 0) is 26.2 Å². The Bertz CT molecular complexity index is 253. The fourth-order valence-electron chi connectivity index (χ4n) is 1.63. The van der Waals surface area contributed by atoms with Gasteiger partial charge in [-0.1, -0.05) is 31.8 Å². The van der Waals surface area contributed by atoms with E-state index in [0.717, 1.165) is 38.7 Å². The van der Waals surface area contributed by atoms with E-state index in [9.17, 15) is 4.79 Å². The second-order valence-electron chi connectivity index (χ2n) is 4.65. The van der Waals surface area contributed by atoms with Crippen LogP contribution in [-0.2, 0) is 19.0 Å². The van der Waals surface area contributed by atoms with E-state index < -0.39 is 5.97 Å². The second-order valence-corrected chi connectivity index (χ2v) is 4.65. The number of ether oxygens (including phenoxy) is 3. The molecule has 0 aliphatic heterocycles. The summed E-state index contributed by atoms with van der Waals surface area (Å²) in [5, 5.41) is 8.40. The van der Waals surface area contributed by atoms with Crippen LogP contribution in [0, 0.1) is 0 Å². The molecule has 0 saturated heterocycles. The van der Waals surface area contributed by atoms with Crippen LogP contribution in [0.4, 0.5) is 0 Å². The van der Waals surface area contributed by atoms with Crippen LogP contribution in [-0.4, -0.2) is 37.9 Å². The molecule has 1 atom stereocenters. The summed E-state index contributed by atoms with van der Waals surface area (Å²) >= 11 is 0. The first-order valence-corrected chi connectivity index (χ1v) is 7.28. The molecule has 0 fully saturated rings. The topological polar surface area (TPSA) is 65.0 Å². The zero-order valence-corrected chi connectivity index (χ0v) is 12.7. The predicted octanol–water partition coefficient (Wildman–Crippen LogP) is 3.34. The van der Waals surface area contributed by atoms with Crippen LogP contribution in [0.1, 0.15) is 51.9 Å². The van der Waals surface area contributed by atoms with Crippen molar-refractivity contribution >= 4 is 5.97 Å². The third-order valence-electron chi connectivity index (χ3n) is 2.89. The lowest BCUT2D eigenvalue weighted by Gasteiger charge is -2.10. The first-order valence-electron chi connectivity index (χ1n) is 7.28. The zero-order valence-electron chi connectivity index (χ0n) is 12.7. The molecular formula is C15H28O5. The molecule has 0 saturated carbocycles. The Hall–Kier alpha value is -0.910. The average Bonchev–Trinajstić information content (AvgIpc) is 2.43. The summed E-state index contributed by atoms with van der Waals surface area (Å²) < 4.78 is 15.4. The van der Waals surface area contributed by atoms with Gasteiger partial charge in [0.25, 0.3) is 0 Å². The third-order valence-corrected chi connectivity index (χ3v) is 2.89. The zero-order chi connectivity index (χ0) is 15.1. The van der Waals surface area contributed by atoms with Crippen LogP contribution in [0.5, 0.6) is 0 Å². The molecule has 0 aromatic rings. The number of hydrogen-bond donors (Lipinski definition) is 1. The summed E-state index contributed by atoms with van der Waals surface area (Å²) in [5.41, 5.74) is 0. The van der Waals surface area contributed by atoms with Crippen LogP contribution in [0.25, 0.3) is 0 Å². The lowest BCUT2D eigenvalue weighted by molar-refractivity contribution is -0.174. The number of allylic oxidation sites excluding steroid dienone is 1. The summed E-state index contributed by atoms with van der Waals surface area (Å²) in [6.45, 7) is 2.83. The van der Waals surface area contributed by atoms with Gasteiger partial charge in [0.2, 0.25) is 0 Å². The highest BCUT2D eigenvalue weighted by molar-refractivity contribution is 5.79. The Morgan fingerprint density at radius 3 is 2.45 bits per heavy atom. The third kappa shape index (κ3) is 15.1. The fraction of sp³-hybridized carbons (Fsp3) is 0.800. The Kier molecular flexibility index (Phi) is 13.8. The standard InChI is InChI=1S/C15H28O5/c1-14(18-2)20-13-19-12-10-8-6-4-3-5-7-9-11-15(16)17/h9,11,14H,3-8,10,12-13H2,1-2H3,(H,16,17). The number of unbranched alkanes of at least 4 members (excludes halogenated alkanes) is 6. The minimum atomic E-state index is -0.867. The van der Waals surface area contributed by atoms with Crippen molar-refractivity contribution in [3.63, 3.8) is 0 Å². The molecule has 0 rings (SSSR count). The van der Waals surface area contributed by atoms with Crippen molar-refractivity contribution in [3.05, 3.63) is 12.2 Å². The highest BCUT2D eigenvalue weighted by atomic mass is 16.7. The molecule has 0 heterocycles. The molecular weight excluding hydrogens is 260 g/mol. The van der Waals surface area contributed by atoms with E-state index in [2.05, 4.69) is 0 Å². The van der Waals surface area contributed by atoms with Crippen molar-refractivity contribution in [2.75, 3.05) is 20.5 Å². The van der Waals surface area contributed by atoms with Crippen LogP contribution in [0.3, 0.4) is 0 Å². The maximum Gasteiger partial charge on any atom is 0.327 e. The van der Waals surface area contributed by atoms with E-state index in [0.29, 0.717) is 0 Å². The quantitative estimate of drug-likeness (QED) is 0.302. The van der Waals surface area contributed by atoms with Gasteiger partial charge in [0, 0.05) is 19.8 Å². The number of aliphatic carboxylic acids is 1. The Morgan fingerprint density at radius 1 is 1.15 bits per heavy atom. The summed E-state index contributed by atoms with van der Waals surface area (Å²) in [5.74, 6) is -0.867. The maximum atomic E-state index is 10.2. The molecule has 0 bridgehead atoms. The van der Waals surface area contributed by atoms with Crippen molar-refractivity contribution in [1.29, 1.82) is 0 Å². The van der Waals surface area contributed by atoms with E-state index in [4.69, 9.17) is 19.3 Å². The van der Waals surface area contributed by atoms with Crippen LogP contribution in [0.15, 0.2) is 12.2 Å². The van der Waals surface area contributed by atoms with Gasteiger partial charge in [0.1, 0.15) is 6.79 Å². The monoisotopic (exact) mass is 288 g/mol. The summed E-state index contributed by atoms with van der Waals surface area (Å²) in [6.07, 6.45) is 10.4. The van der Waals surface area contributed by atoms with Crippen molar-refractivity contribution in [2.45, 2.75) is 58.2 Å². The number of carbonyl (C=O) groups is 1. The van der Waals surface area contributed by atoms with E-state index >= 15 is 0 Å². The molecule has 5 nitrogen and oxygen atoms in total. The highest BCUT2D eigenvalue weighted by Gasteiger charge is 1.97. The SMILES string of the molecule is COC(C)OCOCCCCCCCCC=CC(=O)O. The van der Waals surface area contributed by atoms with E-state index in [-0.39, 0.29) is 13.1 Å². The minimum Gasteiger partial charge on any atom is -0.478 e. The number of methoxy groups -OCH3 is 1. The number of hydrogen-bond acceptors (Lipinski definition) is 4. The summed E-state index contributed by atoms with van der Waals surface area (Å²) in [4.78, 5) is 10.2. The largest absolute Gasteiger partial charge is 0.478 e. The van der Waals surface area contributed by atoms with Crippen LogP contribution in [0.2, 0.25) is 0 Å². The molecule has 1 N–H and O–H groups in total. The van der Waals surface area contributed by atoms with Crippen molar-refractivity contribution in [1.82, 2.24) is 0 Å². The van der Waals surface area contributed by atoms with Crippen molar-refractivity contribution in [3.8, 4) is 0 Å². The Morgan fingerprint density at radius 2 is 1.80 bits per heavy atom. The molecule has 118 valence electrons. The number of rotatable bonds is 14. The van der Waals surface area contributed by atoms with Gasteiger partial charge in [-0.25, -0.2) is 4.79 Å². The first kappa shape index (κ1) is 19.1. The van der Waals surface area contributed by atoms with E-state index in [1.54, 1.807) is 13.2 Å². The molecule has 0 aromatic heterocycles. The maximum absolute atomic E-state index is 10.2. The van der Waals surface area contributed by atoms with Gasteiger partial charge in [0.15, 0.2) is 6.29 Å². The normalized spacial score (nSPS) is 12.9. The number of carboxylic acid groups (broad SMARTS) is 1. The lowest BCUT2D eigenvalue weighted by Crippen LogP contribution is -2.13. The van der Waals surface area contributed by atoms with Crippen molar-refractivity contribution < 1.29 is 24.1 Å².